The molecule has 8 nitrogen and oxygen atoms in total. The molecule has 0 saturated heterocycles. The van der Waals surface area contributed by atoms with E-state index >= 15 is 0 Å². The van der Waals surface area contributed by atoms with Gasteiger partial charge in [-0.15, -0.1) is 0 Å². The molecule has 0 aliphatic rings. The minimum absolute atomic E-state index is 0.0575. The number of rotatable bonds is 9. The highest BCUT2D eigenvalue weighted by atomic mass is 16.5. The molecule has 0 amide bonds. The number of methoxy groups -OCH3 is 1. The van der Waals surface area contributed by atoms with Crippen LogP contribution < -0.4 is 26.3 Å². The number of hydrogen-bond acceptors (Lipinski definition) is 8. The number of ketones is 1. The van der Waals surface area contributed by atoms with Gasteiger partial charge in [0.15, 0.2) is 5.78 Å². The van der Waals surface area contributed by atoms with Crippen molar-refractivity contribution in [2.75, 3.05) is 20.3 Å². The Morgan fingerprint density at radius 1 is 1.45 bits per heavy atom. The van der Waals surface area contributed by atoms with Gasteiger partial charge in [0.1, 0.15) is 24.7 Å². The average Bonchev–Trinajstić information content (AvgIpc) is 2.45. The molecular weight excluding hydrogens is 264 g/mol. The molecule has 0 aromatic heterocycles. The van der Waals surface area contributed by atoms with Gasteiger partial charge >= 0.3 is 0 Å². The molecule has 8 heteroatoms. The zero-order valence-electron chi connectivity index (χ0n) is 11.0. The SMILES string of the molecule is COc1cccc(OC/C(=C/C(=O)CN=O)NNN)c1. The van der Waals surface area contributed by atoms with Crippen molar-refractivity contribution in [1.82, 2.24) is 11.0 Å². The van der Waals surface area contributed by atoms with Crippen LogP contribution in [0, 0.1) is 4.91 Å². The van der Waals surface area contributed by atoms with Crippen LogP contribution in [0.5, 0.6) is 11.5 Å². The first-order valence-electron chi connectivity index (χ1n) is 5.70. The number of nitroso groups, excluding NO2 is 1. The number of carbonyl (C=O) groups is 1. The van der Waals surface area contributed by atoms with Crippen LogP contribution >= 0.6 is 0 Å². The van der Waals surface area contributed by atoms with E-state index in [1.54, 1.807) is 31.4 Å². The fraction of sp³-hybridized carbons (Fsp3) is 0.250. The van der Waals surface area contributed by atoms with Crippen LogP contribution in [0.3, 0.4) is 0 Å². The molecule has 0 aliphatic heterocycles. The predicted octanol–water partition coefficient (Wildman–Crippen LogP) is 0.261. The molecule has 4 N–H and O–H groups in total. The van der Waals surface area contributed by atoms with E-state index in [4.69, 9.17) is 15.3 Å². The Morgan fingerprint density at radius 2 is 2.20 bits per heavy atom. The second-order valence-corrected chi connectivity index (χ2v) is 3.66. The summed E-state index contributed by atoms with van der Waals surface area (Å²) in [5, 5.41) is 2.51. The highest BCUT2D eigenvalue weighted by molar-refractivity contribution is 5.92. The van der Waals surface area contributed by atoms with E-state index in [0.717, 1.165) is 0 Å². The molecule has 1 aromatic rings. The molecule has 1 rings (SSSR count). The number of nitrogens with two attached hydrogens (primary N) is 1. The first-order chi connectivity index (χ1) is 9.69. The number of nitrogens with zero attached hydrogens (tertiary/aromatic N) is 1. The summed E-state index contributed by atoms with van der Waals surface area (Å²) in [5.74, 6) is 5.88. The number of hydrogen-bond donors (Lipinski definition) is 3. The second-order valence-electron chi connectivity index (χ2n) is 3.66. The van der Waals surface area contributed by atoms with Crippen molar-refractivity contribution in [3.05, 3.63) is 40.9 Å². The Hall–Kier alpha value is -2.45. The van der Waals surface area contributed by atoms with E-state index < -0.39 is 12.3 Å². The van der Waals surface area contributed by atoms with E-state index in [2.05, 4.69) is 16.1 Å². The molecule has 0 unspecified atom stereocenters. The van der Waals surface area contributed by atoms with Crippen LogP contribution in [-0.4, -0.2) is 26.0 Å². The predicted molar refractivity (Wildman–Crippen MR) is 72.7 cm³/mol. The molecule has 0 atom stereocenters. The number of ether oxygens (including phenoxy) is 2. The first-order valence-corrected chi connectivity index (χ1v) is 5.70. The van der Waals surface area contributed by atoms with Gasteiger partial charge in [-0.25, -0.2) is 0 Å². The lowest BCUT2D eigenvalue weighted by Gasteiger charge is -2.11. The monoisotopic (exact) mass is 280 g/mol. The zero-order chi connectivity index (χ0) is 14.8. The first kappa shape index (κ1) is 15.6. The van der Waals surface area contributed by atoms with Crippen LogP contribution in [0.25, 0.3) is 0 Å². The number of benzene rings is 1. The van der Waals surface area contributed by atoms with Gasteiger partial charge in [-0.05, 0) is 12.1 Å². The highest BCUT2D eigenvalue weighted by Gasteiger charge is 2.04. The van der Waals surface area contributed by atoms with E-state index in [1.165, 1.54) is 6.08 Å². The summed E-state index contributed by atoms with van der Waals surface area (Å²) in [7, 11) is 1.55. The van der Waals surface area contributed by atoms with Gasteiger partial charge in [-0.2, -0.15) is 10.4 Å². The van der Waals surface area contributed by atoms with Crippen LogP contribution in [0.15, 0.2) is 41.2 Å². The van der Waals surface area contributed by atoms with Crippen molar-refractivity contribution in [3.8, 4) is 11.5 Å². The molecule has 0 aliphatic carbocycles. The number of hydrazine groups is 2. The molecule has 0 bridgehead atoms. The Kier molecular flexibility index (Phi) is 6.72. The van der Waals surface area contributed by atoms with E-state index in [-0.39, 0.29) is 6.61 Å². The average molecular weight is 280 g/mol. The molecule has 0 spiro atoms. The lowest BCUT2D eigenvalue weighted by molar-refractivity contribution is -0.113. The van der Waals surface area contributed by atoms with Crippen LogP contribution in [-0.2, 0) is 4.79 Å². The summed E-state index contributed by atoms with van der Waals surface area (Å²) < 4.78 is 10.5. The van der Waals surface area contributed by atoms with Gasteiger partial charge in [0.2, 0.25) is 0 Å². The summed E-state index contributed by atoms with van der Waals surface area (Å²) >= 11 is 0. The maximum Gasteiger partial charge on any atom is 0.182 e. The lowest BCUT2D eigenvalue weighted by Crippen LogP contribution is -2.39. The third kappa shape index (κ3) is 5.46. The van der Waals surface area contributed by atoms with E-state index in [9.17, 15) is 9.70 Å². The third-order valence-corrected chi connectivity index (χ3v) is 2.22. The Labute approximate surface area is 115 Å². The smallest absolute Gasteiger partial charge is 0.182 e. The van der Waals surface area contributed by atoms with Crippen molar-refractivity contribution in [3.63, 3.8) is 0 Å². The maximum absolute atomic E-state index is 11.3. The van der Waals surface area contributed by atoms with Crippen LogP contribution in [0.2, 0.25) is 0 Å². The van der Waals surface area contributed by atoms with Gasteiger partial charge in [0.05, 0.1) is 12.8 Å². The summed E-state index contributed by atoms with van der Waals surface area (Å²) in [6.07, 6.45) is 1.20. The Balaban J connectivity index is 2.66. The summed E-state index contributed by atoms with van der Waals surface area (Å²) in [4.78, 5) is 21.3. The Morgan fingerprint density at radius 3 is 2.85 bits per heavy atom. The Bertz CT molecular complexity index is 490. The zero-order valence-corrected chi connectivity index (χ0v) is 11.0. The lowest BCUT2D eigenvalue weighted by atomic mass is 10.3. The quantitative estimate of drug-likeness (QED) is 0.257. The summed E-state index contributed by atoms with van der Waals surface area (Å²) in [5.41, 5.74) is 5.09. The van der Waals surface area contributed by atoms with Gasteiger partial charge in [0, 0.05) is 12.1 Å². The van der Waals surface area contributed by atoms with E-state index in [1.807, 2.05) is 0 Å². The number of carbonyl (C=O) groups excluding carboxylic acids is 1. The molecular formula is C12H16N4O4. The van der Waals surface area contributed by atoms with Crippen molar-refractivity contribution in [1.29, 1.82) is 0 Å². The highest BCUT2D eigenvalue weighted by Crippen LogP contribution is 2.19. The molecule has 0 radical (unpaired) electrons. The summed E-state index contributed by atoms with van der Waals surface area (Å²) in [6.45, 7) is -0.378. The maximum atomic E-state index is 11.3. The standard InChI is InChI=1S/C12H16N4O4/c1-19-11-3-2-4-12(6-11)20-8-9(15-16-13)5-10(17)7-14-18/h2-6,15-16H,7-8,13H2,1H3/b9-5-. The van der Waals surface area contributed by atoms with Crippen molar-refractivity contribution < 1.29 is 14.3 Å². The van der Waals surface area contributed by atoms with Gasteiger partial charge in [-0.3, -0.25) is 10.6 Å². The molecule has 108 valence electrons. The second kappa shape index (κ2) is 8.62. The minimum Gasteiger partial charge on any atom is -0.497 e. The fourth-order valence-corrected chi connectivity index (χ4v) is 1.36. The summed E-state index contributed by atoms with van der Waals surface area (Å²) in [6, 6.07) is 6.99. The van der Waals surface area contributed by atoms with Gasteiger partial charge in [0.25, 0.3) is 0 Å². The fourth-order valence-electron chi connectivity index (χ4n) is 1.36. The van der Waals surface area contributed by atoms with Crippen LogP contribution in [0.4, 0.5) is 0 Å². The minimum atomic E-state index is -0.452. The topological polar surface area (TPSA) is 115 Å². The van der Waals surface area contributed by atoms with Gasteiger partial charge in [-0.1, -0.05) is 11.2 Å². The molecule has 0 fully saturated rings. The van der Waals surface area contributed by atoms with Crippen molar-refractivity contribution in [2.45, 2.75) is 0 Å². The van der Waals surface area contributed by atoms with E-state index in [0.29, 0.717) is 17.2 Å². The molecule has 0 saturated carbocycles. The molecule has 1 aromatic carbocycles. The van der Waals surface area contributed by atoms with Crippen molar-refractivity contribution >= 4 is 5.78 Å². The van der Waals surface area contributed by atoms with Crippen LogP contribution in [0.1, 0.15) is 0 Å². The molecule has 20 heavy (non-hydrogen) atoms. The third-order valence-electron chi connectivity index (χ3n) is 2.22. The number of nitrogens with one attached hydrogen (secondary N) is 2. The van der Waals surface area contributed by atoms with Gasteiger partial charge < -0.3 is 14.9 Å². The molecule has 0 heterocycles. The van der Waals surface area contributed by atoms with Crippen molar-refractivity contribution in [2.24, 2.45) is 11.0 Å². The normalized spacial score (nSPS) is 10.8. The largest absolute Gasteiger partial charge is 0.497 e.